The molecule has 5 rings (SSSR count). The molecule has 1 aromatic carbocycles. The number of benzene rings is 1. The van der Waals surface area contributed by atoms with E-state index < -0.39 is 0 Å². The molecule has 1 saturated heterocycles. The Balaban J connectivity index is 1.28. The number of hydrogen-bond donors (Lipinski definition) is 0. The van der Waals surface area contributed by atoms with Crippen LogP contribution in [0.25, 0.3) is 11.6 Å². The second-order valence-corrected chi connectivity index (χ2v) is 8.49. The zero-order valence-electron chi connectivity index (χ0n) is 18.0. The standard InChI is InChI=1S/C25H29N3O3/c1-30-14-15-31-21-6-4-18(5-7-21)20-16-22-23(17-20)26-9-8-24(22)27-10-12-28(13-11-27)25(29)19-2-3-19/h4-9,16,19H,2-3,10-15,17H2,1H3. The summed E-state index contributed by atoms with van der Waals surface area (Å²) in [4.78, 5) is 21.5. The molecule has 0 bridgehead atoms. The zero-order valence-corrected chi connectivity index (χ0v) is 18.0. The van der Waals surface area contributed by atoms with Crippen LogP contribution >= 0.6 is 0 Å². The third-order valence-electron chi connectivity index (χ3n) is 6.37. The lowest BCUT2D eigenvalue weighted by molar-refractivity contribution is -0.132. The molecule has 6 heteroatoms. The molecule has 0 atom stereocenters. The van der Waals surface area contributed by atoms with E-state index in [2.05, 4.69) is 34.2 Å². The second-order valence-electron chi connectivity index (χ2n) is 8.49. The van der Waals surface area contributed by atoms with E-state index in [9.17, 15) is 4.79 Å². The van der Waals surface area contributed by atoms with Gasteiger partial charge < -0.3 is 19.3 Å². The molecule has 2 fully saturated rings. The Morgan fingerprint density at radius 3 is 2.55 bits per heavy atom. The van der Waals surface area contributed by atoms with Gasteiger partial charge in [0.15, 0.2) is 0 Å². The Kier molecular flexibility index (Phi) is 5.64. The maximum absolute atomic E-state index is 12.4. The molecule has 31 heavy (non-hydrogen) atoms. The molecule has 1 amide bonds. The van der Waals surface area contributed by atoms with E-state index >= 15 is 0 Å². The van der Waals surface area contributed by atoms with Gasteiger partial charge in [-0.1, -0.05) is 12.1 Å². The summed E-state index contributed by atoms with van der Waals surface area (Å²) in [6.07, 6.45) is 7.18. The van der Waals surface area contributed by atoms with E-state index in [0.717, 1.165) is 56.9 Å². The van der Waals surface area contributed by atoms with E-state index in [1.54, 1.807) is 7.11 Å². The Bertz CT molecular complexity index is 974. The zero-order chi connectivity index (χ0) is 21.2. The average Bonchev–Trinajstić information content (AvgIpc) is 3.57. The monoisotopic (exact) mass is 419 g/mol. The number of carbonyl (C=O) groups is 1. The third kappa shape index (κ3) is 4.30. The average molecular weight is 420 g/mol. The summed E-state index contributed by atoms with van der Waals surface area (Å²) in [5, 5.41) is 0. The Hall–Kier alpha value is -2.86. The largest absolute Gasteiger partial charge is 0.491 e. The molecule has 1 saturated carbocycles. The first kappa shape index (κ1) is 20.1. The van der Waals surface area contributed by atoms with Crippen LogP contribution in [-0.4, -0.2) is 62.3 Å². The van der Waals surface area contributed by atoms with Gasteiger partial charge in [0, 0.05) is 63.1 Å². The van der Waals surface area contributed by atoms with Crippen LogP contribution < -0.4 is 9.64 Å². The summed E-state index contributed by atoms with van der Waals surface area (Å²) >= 11 is 0. The predicted octanol–water partition coefficient (Wildman–Crippen LogP) is 3.26. The summed E-state index contributed by atoms with van der Waals surface area (Å²) in [7, 11) is 1.67. The Morgan fingerprint density at radius 1 is 1.06 bits per heavy atom. The first-order valence-electron chi connectivity index (χ1n) is 11.2. The number of hydrogen-bond acceptors (Lipinski definition) is 5. The van der Waals surface area contributed by atoms with Crippen LogP contribution in [0.3, 0.4) is 0 Å². The van der Waals surface area contributed by atoms with Gasteiger partial charge in [0.1, 0.15) is 12.4 Å². The molecular formula is C25H29N3O3. The van der Waals surface area contributed by atoms with Crippen molar-refractivity contribution in [2.24, 2.45) is 5.92 Å². The number of amides is 1. The van der Waals surface area contributed by atoms with Crippen molar-refractivity contribution in [1.82, 2.24) is 9.88 Å². The molecule has 2 aromatic rings. The normalized spacial score (nSPS) is 18.0. The van der Waals surface area contributed by atoms with E-state index in [1.807, 2.05) is 23.2 Å². The fourth-order valence-electron chi connectivity index (χ4n) is 4.43. The number of rotatable bonds is 7. The number of carbonyl (C=O) groups excluding carboxylic acids is 1. The number of piperazine rings is 1. The van der Waals surface area contributed by atoms with Crippen molar-refractivity contribution in [1.29, 1.82) is 0 Å². The molecular weight excluding hydrogens is 390 g/mol. The fourth-order valence-corrected chi connectivity index (χ4v) is 4.43. The van der Waals surface area contributed by atoms with Crippen LogP contribution in [0.2, 0.25) is 0 Å². The van der Waals surface area contributed by atoms with Gasteiger partial charge in [-0.3, -0.25) is 9.78 Å². The molecule has 0 unspecified atom stereocenters. The maximum Gasteiger partial charge on any atom is 0.225 e. The maximum atomic E-state index is 12.4. The lowest BCUT2D eigenvalue weighted by Gasteiger charge is -2.37. The molecule has 6 nitrogen and oxygen atoms in total. The van der Waals surface area contributed by atoms with Crippen molar-refractivity contribution >= 4 is 23.2 Å². The van der Waals surface area contributed by atoms with E-state index in [-0.39, 0.29) is 0 Å². The number of pyridine rings is 1. The summed E-state index contributed by atoms with van der Waals surface area (Å²) < 4.78 is 10.7. The van der Waals surface area contributed by atoms with Gasteiger partial charge in [0.2, 0.25) is 5.91 Å². The van der Waals surface area contributed by atoms with Gasteiger partial charge >= 0.3 is 0 Å². The van der Waals surface area contributed by atoms with Crippen molar-refractivity contribution < 1.29 is 14.3 Å². The van der Waals surface area contributed by atoms with E-state index in [1.165, 1.54) is 22.4 Å². The quantitative estimate of drug-likeness (QED) is 0.645. The van der Waals surface area contributed by atoms with Crippen LogP contribution in [0.1, 0.15) is 29.7 Å². The summed E-state index contributed by atoms with van der Waals surface area (Å²) in [5.74, 6) is 1.52. The van der Waals surface area contributed by atoms with Gasteiger partial charge in [0.25, 0.3) is 0 Å². The van der Waals surface area contributed by atoms with Crippen LogP contribution in [0.4, 0.5) is 5.69 Å². The van der Waals surface area contributed by atoms with Gasteiger partial charge in [-0.25, -0.2) is 0 Å². The molecule has 162 valence electrons. The topological polar surface area (TPSA) is 54.9 Å². The first-order valence-corrected chi connectivity index (χ1v) is 11.2. The molecule has 1 aliphatic heterocycles. The number of fused-ring (bicyclic) bond motifs is 1. The van der Waals surface area contributed by atoms with Crippen molar-refractivity contribution in [3.8, 4) is 5.75 Å². The van der Waals surface area contributed by atoms with Gasteiger partial charge in [-0.05, 0) is 48.3 Å². The van der Waals surface area contributed by atoms with Crippen LogP contribution in [0, 0.1) is 5.92 Å². The van der Waals surface area contributed by atoms with Crippen LogP contribution in [-0.2, 0) is 16.0 Å². The SMILES string of the molecule is COCCOc1ccc(C2=Cc3c(N4CCN(C(=O)C5CC5)CC4)ccnc3C2)cc1. The number of aromatic nitrogens is 1. The van der Waals surface area contributed by atoms with Gasteiger partial charge in [-0.2, -0.15) is 0 Å². The minimum Gasteiger partial charge on any atom is -0.491 e. The Labute approximate surface area is 183 Å². The third-order valence-corrected chi connectivity index (χ3v) is 6.37. The molecule has 3 aliphatic rings. The van der Waals surface area contributed by atoms with Crippen LogP contribution in [0.5, 0.6) is 5.75 Å². The number of anilines is 1. The summed E-state index contributed by atoms with van der Waals surface area (Å²) in [5.41, 5.74) is 6.06. The highest BCUT2D eigenvalue weighted by Crippen LogP contribution is 2.37. The van der Waals surface area contributed by atoms with Gasteiger partial charge in [-0.15, -0.1) is 0 Å². The number of ether oxygens (including phenoxy) is 2. The number of allylic oxidation sites excluding steroid dienone is 1. The second kappa shape index (κ2) is 8.71. The van der Waals surface area contributed by atoms with Crippen molar-refractivity contribution in [2.75, 3.05) is 51.4 Å². The van der Waals surface area contributed by atoms with E-state index in [4.69, 9.17) is 9.47 Å². The van der Waals surface area contributed by atoms with Crippen molar-refractivity contribution in [3.63, 3.8) is 0 Å². The first-order chi connectivity index (χ1) is 15.2. The molecule has 1 aromatic heterocycles. The molecule has 2 heterocycles. The van der Waals surface area contributed by atoms with Crippen molar-refractivity contribution in [3.05, 3.63) is 53.3 Å². The minimum absolute atomic E-state index is 0.305. The van der Waals surface area contributed by atoms with Gasteiger partial charge in [0.05, 0.1) is 12.3 Å². The Morgan fingerprint density at radius 2 is 1.84 bits per heavy atom. The van der Waals surface area contributed by atoms with E-state index in [0.29, 0.717) is 25.0 Å². The molecule has 2 aliphatic carbocycles. The highest BCUT2D eigenvalue weighted by Gasteiger charge is 2.35. The lowest BCUT2D eigenvalue weighted by atomic mass is 10.1. The van der Waals surface area contributed by atoms with Crippen LogP contribution in [0.15, 0.2) is 36.5 Å². The highest BCUT2D eigenvalue weighted by molar-refractivity contribution is 5.92. The highest BCUT2D eigenvalue weighted by atomic mass is 16.5. The predicted molar refractivity (Wildman–Crippen MR) is 121 cm³/mol. The number of nitrogens with zero attached hydrogens (tertiary/aromatic N) is 3. The summed E-state index contributed by atoms with van der Waals surface area (Å²) in [6.45, 7) is 4.52. The minimum atomic E-state index is 0.305. The fraction of sp³-hybridized carbons (Fsp3) is 0.440. The molecule has 0 spiro atoms. The molecule has 0 radical (unpaired) electrons. The summed E-state index contributed by atoms with van der Waals surface area (Å²) in [6, 6.07) is 10.4. The molecule has 0 N–H and O–H groups in total. The number of methoxy groups -OCH3 is 1. The smallest absolute Gasteiger partial charge is 0.225 e. The van der Waals surface area contributed by atoms with Crippen molar-refractivity contribution in [2.45, 2.75) is 19.3 Å². The lowest BCUT2D eigenvalue weighted by Crippen LogP contribution is -2.49.